The molecule has 0 saturated carbocycles. The lowest BCUT2D eigenvalue weighted by Gasteiger charge is -2.21. The molecule has 21 heavy (non-hydrogen) atoms. The van der Waals surface area contributed by atoms with Gasteiger partial charge in [-0.2, -0.15) is 13.2 Å². The first-order chi connectivity index (χ1) is 10.0. The minimum Gasteiger partial charge on any atom is -0.380 e. The summed E-state index contributed by atoms with van der Waals surface area (Å²) in [5.74, 6) is 0. The minimum absolute atomic E-state index is 0.388. The summed E-state index contributed by atoms with van der Waals surface area (Å²) in [4.78, 5) is 2.13. The molecular formula is C15H19F3N2O. The van der Waals surface area contributed by atoms with E-state index in [0.717, 1.165) is 57.0 Å². The lowest BCUT2D eigenvalue weighted by atomic mass is 10.2. The lowest BCUT2D eigenvalue weighted by Crippen LogP contribution is -2.40. The van der Waals surface area contributed by atoms with Crippen LogP contribution in [0.4, 0.5) is 18.9 Å². The van der Waals surface area contributed by atoms with Crippen LogP contribution in [0.3, 0.4) is 0 Å². The van der Waals surface area contributed by atoms with Gasteiger partial charge >= 0.3 is 6.18 Å². The summed E-state index contributed by atoms with van der Waals surface area (Å²) in [6, 6.07) is 6.23. The average molecular weight is 300 g/mol. The molecule has 2 saturated heterocycles. The monoisotopic (exact) mass is 300 g/mol. The molecule has 116 valence electrons. The van der Waals surface area contributed by atoms with Crippen molar-refractivity contribution in [1.82, 2.24) is 5.32 Å². The number of hydrogen-bond donors (Lipinski definition) is 1. The Kier molecular flexibility index (Phi) is 4.08. The van der Waals surface area contributed by atoms with E-state index in [0.29, 0.717) is 12.1 Å². The number of nitrogens with one attached hydrogen (secondary N) is 1. The quantitative estimate of drug-likeness (QED) is 0.929. The zero-order chi connectivity index (χ0) is 14.9. The fourth-order valence-corrected chi connectivity index (χ4v) is 2.99. The van der Waals surface area contributed by atoms with E-state index in [4.69, 9.17) is 4.74 Å². The first-order valence-corrected chi connectivity index (χ1v) is 7.28. The Hall–Kier alpha value is -1.27. The highest BCUT2D eigenvalue weighted by Gasteiger charge is 2.31. The third-order valence-electron chi connectivity index (χ3n) is 4.15. The molecule has 1 aromatic rings. The van der Waals surface area contributed by atoms with Crippen molar-refractivity contribution in [3.05, 3.63) is 29.8 Å². The second kappa shape index (κ2) is 5.85. The number of hydrogen-bond acceptors (Lipinski definition) is 3. The average Bonchev–Trinajstić information content (AvgIpc) is 3.10. The molecule has 0 bridgehead atoms. The Bertz CT molecular complexity index is 469. The second-order valence-electron chi connectivity index (χ2n) is 5.70. The van der Waals surface area contributed by atoms with Crippen molar-refractivity contribution in [3.63, 3.8) is 0 Å². The van der Waals surface area contributed by atoms with Crippen molar-refractivity contribution in [2.45, 2.75) is 31.1 Å². The zero-order valence-electron chi connectivity index (χ0n) is 11.7. The summed E-state index contributed by atoms with van der Waals surface area (Å²) in [6.45, 7) is 3.28. The van der Waals surface area contributed by atoms with Gasteiger partial charge in [-0.15, -0.1) is 0 Å². The lowest BCUT2D eigenvalue weighted by molar-refractivity contribution is -0.137. The van der Waals surface area contributed by atoms with Gasteiger partial charge < -0.3 is 15.0 Å². The van der Waals surface area contributed by atoms with Crippen molar-refractivity contribution in [3.8, 4) is 0 Å². The number of ether oxygens (including phenoxy) is 1. The van der Waals surface area contributed by atoms with Gasteiger partial charge in [0.15, 0.2) is 0 Å². The molecule has 0 spiro atoms. The van der Waals surface area contributed by atoms with Crippen LogP contribution in [0.1, 0.15) is 18.4 Å². The van der Waals surface area contributed by atoms with Crippen LogP contribution in [0, 0.1) is 0 Å². The highest BCUT2D eigenvalue weighted by molar-refractivity contribution is 5.49. The molecule has 3 rings (SSSR count). The molecule has 0 aromatic heterocycles. The summed E-state index contributed by atoms with van der Waals surface area (Å²) in [5.41, 5.74) is 0.262. The SMILES string of the molecule is FC(F)(F)c1ccc(N2CC[C@H](N[C@H]3CCOC3)C2)cc1. The first-order valence-electron chi connectivity index (χ1n) is 7.28. The summed E-state index contributed by atoms with van der Waals surface area (Å²) in [5, 5.41) is 3.57. The maximum atomic E-state index is 12.6. The number of nitrogens with zero attached hydrogens (tertiary/aromatic N) is 1. The molecule has 2 aliphatic rings. The standard InChI is InChI=1S/C15H19F3N2O/c16-15(17,18)11-1-3-14(4-2-11)20-7-5-12(9-20)19-13-6-8-21-10-13/h1-4,12-13,19H,5-10H2/t12-,13-/m0/s1. The van der Waals surface area contributed by atoms with Gasteiger partial charge in [-0.1, -0.05) is 0 Å². The molecule has 2 heterocycles. The van der Waals surface area contributed by atoms with E-state index in [9.17, 15) is 13.2 Å². The maximum Gasteiger partial charge on any atom is 0.416 e. The summed E-state index contributed by atoms with van der Waals surface area (Å²) < 4.78 is 43.0. The molecule has 0 amide bonds. The van der Waals surface area contributed by atoms with Crippen LogP contribution < -0.4 is 10.2 Å². The van der Waals surface area contributed by atoms with Crippen molar-refractivity contribution < 1.29 is 17.9 Å². The number of anilines is 1. The Morgan fingerprint density at radius 3 is 2.48 bits per heavy atom. The van der Waals surface area contributed by atoms with Crippen molar-refractivity contribution >= 4 is 5.69 Å². The van der Waals surface area contributed by atoms with Crippen LogP contribution in [-0.2, 0) is 10.9 Å². The van der Waals surface area contributed by atoms with E-state index >= 15 is 0 Å². The van der Waals surface area contributed by atoms with Crippen molar-refractivity contribution in [2.75, 3.05) is 31.2 Å². The van der Waals surface area contributed by atoms with Gasteiger partial charge in [0.25, 0.3) is 0 Å². The Morgan fingerprint density at radius 2 is 1.86 bits per heavy atom. The van der Waals surface area contributed by atoms with Gasteiger partial charge in [0.05, 0.1) is 12.2 Å². The molecule has 6 heteroatoms. The molecular weight excluding hydrogens is 281 g/mol. The molecule has 2 aliphatic heterocycles. The van der Waals surface area contributed by atoms with Gasteiger partial charge in [-0.3, -0.25) is 0 Å². The molecule has 3 nitrogen and oxygen atoms in total. The van der Waals surface area contributed by atoms with Crippen molar-refractivity contribution in [1.29, 1.82) is 0 Å². The number of alkyl halides is 3. The predicted molar refractivity (Wildman–Crippen MR) is 74.4 cm³/mol. The van der Waals surface area contributed by atoms with Crippen LogP contribution in [0.5, 0.6) is 0 Å². The third kappa shape index (κ3) is 3.49. The van der Waals surface area contributed by atoms with Gasteiger partial charge in [0, 0.05) is 37.5 Å². The van der Waals surface area contributed by atoms with E-state index in [1.54, 1.807) is 12.1 Å². The number of rotatable bonds is 3. The minimum atomic E-state index is -4.27. The smallest absolute Gasteiger partial charge is 0.380 e. The van der Waals surface area contributed by atoms with Crippen LogP contribution in [-0.4, -0.2) is 38.4 Å². The van der Waals surface area contributed by atoms with E-state index in [1.165, 1.54) is 0 Å². The van der Waals surface area contributed by atoms with Gasteiger partial charge in [-0.25, -0.2) is 0 Å². The van der Waals surface area contributed by atoms with E-state index in [2.05, 4.69) is 10.2 Å². The molecule has 0 aliphatic carbocycles. The van der Waals surface area contributed by atoms with Crippen LogP contribution >= 0.6 is 0 Å². The number of benzene rings is 1. The van der Waals surface area contributed by atoms with Gasteiger partial charge in [-0.05, 0) is 37.1 Å². The molecule has 0 radical (unpaired) electrons. The highest BCUT2D eigenvalue weighted by Crippen LogP contribution is 2.31. The van der Waals surface area contributed by atoms with E-state index in [1.807, 2.05) is 0 Å². The third-order valence-corrected chi connectivity index (χ3v) is 4.15. The Labute approximate surface area is 122 Å². The fourth-order valence-electron chi connectivity index (χ4n) is 2.99. The zero-order valence-corrected chi connectivity index (χ0v) is 11.7. The largest absolute Gasteiger partial charge is 0.416 e. The Balaban J connectivity index is 1.58. The van der Waals surface area contributed by atoms with Crippen LogP contribution in [0.15, 0.2) is 24.3 Å². The molecule has 0 unspecified atom stereocenters. The summed E-state index contributed by atoms with van der Waals surface area (Å²) in [6.07, 6.45) is -2.22. The van der Waals surface area contributed by atoms with E-state index < -0.39 is 11.7 Å². The summed E-state index contributed by atoms with van der Waals surface area (Å²) in [7, 11) is 0. The van der Waals surface area contributed by atoms with Gasteiger partial charge in [0.2, 0.25) is 0 Å². The highest BCUT2D eigenvalue weighted by atomic mass is 19.4. The van der Waals surface area contributed by atoms with Crippen LogP contribution in [0.2, 0.25) is 0 Å². The summed E-state index contributed by atoms with van der Waals surface area (Å²) >= 11 is 0. The maximum absolute atomic E-state index is 12.6. The van der Waals surface area contributed by atoms with Crippen LogP contribution in [0.25, 0.3) is 0 Å². The normalized spacial score (nSPS) is 26.5. The molecule has 2 fully saturated rings. The fraction of sp³-hybridized carbons (Fsp3) is 0.600. The molecule has 1 aromatic carbocycles. The second-order valence-corrected chi connectivity index (χ2v) is 5.70. The Morgan fingerprint density at radius 1 is 1.10 bits per heavy atom. The molecule has 1 N–H and O–H groups in total. The first kappa shape index (κ1) is 14.7. The predicted octanol–water partition coefficient (Wildman–Crippen LogP) is 2.66. The van der Waals surface area contributed by atoms with Gasteiger partial charge in [0.1, 0.15) is 0 Å². The number of halogens is 3. The molecule has 2 atom stereocenters. The van der Waals surface area contributed by atoms with Crippen molar-refractivity contribution in [2.24, 2.45) is 0 Å². The van der Waals surface area contributed by atoms with E-state index in [-0.39, 0.29) is 0 Å². The topological polar surface area (TPSA) is 24.5 Å².